The highest BCUT2D eigenvalue weighted by Gasteiger charge is 2.14. The van der Waals surface area contributed by atoms with Gasteiger partial charge in [0.1, 0.15) is 0 Å². The van der Waals surface area contributed by atoms with Crippen LogP contribution in [0.2, 0.25) is 0 Å². The van der Waals surface area contributed by atoms with E-state index in [0.717, 1.165) is 26.1 Å². The van der Waals surface area contributed by atoms with Crippen LogP contribution in [0.15, 0.2) is 0 Å². The van der Waals surface area contributed by atoms with Gasteiger partial charge in [0.05, 0.1) is 13.2 Å². The Morgan fingerprint density at radius 2 is 2.18 bits per heavy atom. The number of methoxy groups -OCH3 is 1. The molecule has 1 rings (SSSR count). The third-order valence-electron chi connectivity index (χ3n) is 3.24. The summed E-state index contributed by atoms with van der Waals surface area (Å²) in [4.78, 5) is 13.2. The van der Waals surface area contributed by atoms with Crippen molar-refractivity contribution >= 4 is 5.97 Å². The lowest BCUT2D eigenvalue weighted by atomic mass is 10.1. The van der Waals surface area contributed by atoms with Crippen molar-refractivity contribution in [1.82, 2.24) is 4.90 Å². The smallest absolute Gasteiger partial charge is 0.305 e. The highest BCUT2D eigenvalue weighted by atomic mass is 16.5. The second-order valence-electron chi connectivity index (χ2n) is 4.76. The topological polar surface area (TPSA) is 38.8 Å². The van der Waals surface area contributed by atoms with Crippen molar-refractivity contribution in [3.05, 3.63) is 0 Å². The van der Waals surface area contributed by atoms with Crippen LogP contribution in [0.5, 0.6) is 0 Å². The van der Waals surface area contributed by atoms with Crippen molar-refractivity contribution in [3.8, 4) is 0 Å². The minimum atomic E-state index is -0.113. The first-order valence-electron chi connectivity index (χ1n) is 6.59. The molecule has 0 aliphatic carbocycles. The second kappa shape index (κ2) is 8.48. The zero-order valence-electron chi connectivity index (χ0n) is 11.1. The van der Waals surface area contributed by atoms with Gasteiger partial charge in [0.15, 0.2) is 0 Å². The third kappa shape index (κ3) is 6.64. The van der Waals surface area contributed by atoms with Gasteiger partial charge in [-0.25, -0.2) is 0 Å². The minimum Gasteiger partial charge on any atom is -0.469 e. The molecular formula is C13H25NO3. The largest absolute Gasteiger partial charge is 0.469 e. The Morgan fingerprint density at radius 1 is 1.41 bits per heavy atom. The summed E-state index contributed by atoms with van der Waals surface area (Å²) in [5.74, 6) is -0.113. The zero-order valence-corrected chi connectivity index (χ0v) is 11.1. The summed E-state index contributed by atoms with van der Waals surface area (Å²) in [6.45, 7) is 2.99. The number of hydrogen-bond acceptors (Lipinski definition) is 4. The first-order valence-corrected chi connectivity index (χ1v) is 6.59. The normalized spacial score (nSPS) is 19.8. The Bertz CT molecular complexity index is 215. The molecule has 1 heterocycles. The molecule has 100 valence electrons. The fourth-order valence-electron chi connectivity index (χ4n) is 2.17. The molecule has 0 aromatic heterocycles. The summed E-state index contributed by atoms with van der Waals surface area (Å²) in [6.07, 6.45) is 6.70. The molecule has 0 amide bonds. The van der Waals surface area contributed by atoms with Crippen LogP contribution in [0, 0.1) is 0 Å². The molecule has 1 aliphatic rings. The first kappa shape index (κ1) is 14.5. The molecule has 1 saturated heterocycles. The lowest BCUT2D eigenvalue weighted by Crippen LogP contribution is -2.22. The van der Waals surface area contributed by atoms with E-state index in [1.165, 1.54) is 32.8 Å². The summed E-state index contributed by atoms with van der Waals surface area (Å²) in [5, 5.41) is 0. The van der Waals surface area contributed by atoms with Crippen LogP contribution < -0.4 is 0 Å². The maximum Gasteiger partial charge on any atom is 0.305 e. The second-order valence-corrected chi connectivity index (χ2v) is 4.76. The molecule has 0 bridgehead atoms. The Balaban J connectivity index is 1.93. The number of carbonyl (C=O) groups is 1. The van der Waals surface area contributed by atoms with Crippen LogP contribution in [0.25, 0.3) is 0 Å². The van der Waals surface area contributed by atoms with Crippen molar-refractivity contribution in [2.75, 3.05) is 33.9 Å². The highest BCUT2D eigenvalue weighted by Crippen LogP contribution is 2.16. The van der Waals surface area contributed by atoms with Gasteiger partial charge in [-0.05, 0) is 52.2 Å². The lowest BCUT2D eigenvalue weighted by molar-refractivity contribution is -0.140. The number of rotatable bonds is 8. The van der Waals surface area contributed by atoms with Crippen LogP contribution in [0.1, 0.15) is 38.5 Å². The summed E-state index contributed by atoms with van der Waals surface area (Å²) >= 11 is 0. The summed E-state index contributed by atoms with van der Waals surface area (Å²) in [7, 11) is 3.54. The highest BCUT2D eigenvalue weighted by molar-refractivity contribution is 5.69. The molecule has 0 saturated carbocycles. The van der Waals surface area contributed by atoms with E-state index < -0.39 is 0 Å². The van der Waals surface area contributed by atoms with Crippen molar-refractivity contribution in [1.29, 1.82) is 0 Å². The van der Waals surface area contributed by atoms with Gasteiger partial charge in [-0.2, -0.15) is 0 Å². The number of carbonyl (C=O) groups excluding carboxylic acids is 1. The molecular weight excluding hydrogens is 218 g/mol. The molecule has 1 fully saturated rings. The van der Waals surface area contributed by atoms with Crippen LogP contribution in [-0.2, 0) is 14.3 Å². The van der Waals surface area contributed by atoms with Crippen molar-refractivity contribution in [2.45, 2.75) is 44.6 Å². The van der Waals surface area contributed by atoms with Gasteiger partial charge in [0, 0.05) is 13.0 Å². The van der Waals surface area contributed by atoms with Gasteiger partial charge in [-0.3, -0.25) is 4.79 Å². The standard InChI is InChI=1S/C13H25NO3/c1-14(10-4-8-13(15)16-2)9-3-6-12-7-5-11-17-12/h12H,3-11H2,1-2H3. The molecule has 0 radical (unpaired) electrons. The predicted octanol–water partition coefficient (Wildman–Crippen LogP) is 1.83. The van der Waals surface area contributed by atoms with Crippen LogP contribution in [0.4, 0.5) is 0 Å². The van der Waals surface area contributed by atoms with E-state index in [4.69, 9.17) is 4.74 Å². The molecule has 0 aromatic rings. The zero-order chi connectivity index (χ0) is 12.5. The van der Waals surface area contributed by atoms with Crippen LogP contribution in [-0.4, -0.2) is 50.8 Å². The van der Waals surface area contributed by atoms with E-state index in [0.29, 0.717) is 12.5 Å². The lowest BCUT2D eigenvalue weighted by Gasteiger charge is -2.17. The molecule has 0 spiro atoms. The minimum absolute atomic E-state index is 0.113. The van der Waals surface area contributed by atoms with Crippen LogP contribution in [0.3, 0.4) is 0 Å². The molecule has 0 N–H and O–H groups in total. The molecule has 1 unspecified atom stereocenters. The van der Waals surface area contributed by atoms with Gasteiger partial charge in [-0.1, -0.05) is 0 Å². The Labute approximate surface area is 104 Å². The molecule has 1 aliphatic heterocycles. The molecule has 0 aromatic carbocycles. The van der Waals surface area contributed by atoms with Gasteiger partial charge in [0.25, 0.3) is 0 Å². The Kier molecular flexibility index (Phi) is 7.21. The van der Waals surface area contributed by atoms with E-state index in [2.05, 4.69) is 16.7 Å². The van der Waals surface area contributed by atoms with Gasteiger partial charge < -0.3 is 14.4 Å². The fourth-order valence-corrected chi connectivity index (χ4v) is 2.17. The maximum atomic E-state index is 10.9. The third-order valence-corrected chi connectivity index (χ3v) is 3.24. The number of nitrogens with zero attached hydrogens (tertiary/aromatic N) is 1. The number of ether oxygens (including phenoxy) is 2. The molecule has 4 heteroatoms. The van der Waals surface area contributed by atoms with E-state index in [9.17, 15) is 4.79 Å². The number of esters is 1. The molecule has 4 nitrogen and oxygen atoms in total. The average Bonchev–Trinajstić information content (AvgIpc) is 2.82. The van der Waals surface area contributed by atoms with Crippen molar-refractivity contribution in [2.24, 2.45) is 0 Å². The van der Waals surface area contributed by atoms with Crippen molar-refractivity contribution in [3.63, 3.8) is 0 Å². The maximum absolute atomic E-state index is 10.9. The predicted molar refractivity (Wildman–Crippen MR) is 67.0 cm³/mol. The fraction of sp³-hybridized carbons (Fsp3) is 0.923. The SMILES string of the molecule is COC(=O)CCCN(C)CCCC1CCCO1. The summed E-state index contributed by atoms with van der Waals surface area (Å²) in [5.41, 5.74) is 0. The molecule has 17 heavy (non-hydrogen) atoms. The monoisotopic (exact) mass is 243 g/mol. The first-order chi connectivity index (χ1) is 8.22. The van der Waals surface area contributed by atoms with Gasteiger partial charge >= 0.3 is 5.97 Å². The van der Waals surface area contributed by atoms with Gasteiger partial charge in [-0.15, -0.1) is 0 Å². The van der Waals surface area contributed by atoms with Crippen molar-refractivity contribution < 1.29 is 14.3 Å². The van der Waals surface area contributed by atoms with E-state index in [1.54, 1.807) is 0 Å². The van der Waals surface area contributed by atoms with E-state index in [1.807, 2.05) is 0 Å². The van der Waals surface area contributed by atoms with E-state index in [-0.39, 0.29) is 5.97 Å². The Hall–Kier alpha value is -0.610. The van der Waals surface area contributed by atoms with Gasteiger partial charge in [0.2, 0.25) is 0 Å². The Morgan fingerprint density at radius 3 is 2.82 bits per heavy atom. The average molecular weight is 243 g/mol. The summed E-state index contributed by atoms with van der Waals surface area (Å²) in [6, 6.07) is 0. The summed E-state index contributed by atoms with van der Waals surface area (Å²) < 4.78 is 10.2. The quantitative estimate of drug-likeness (QED) is 0.610. The molecule has 1 atom stereocenters. The number of hydrogen-bond donors (Lipinski definition) is 0. The van der Waals surface area contributed by atoms with Crippen LogP contribution >= 0.6 is 0 Å². The van der Waals surface area contributed by atoms with E-state index >= 15 is 0 Å².